The second-order valence-electron chi connectivity index (χ2n) is 7.60. The Balaban J connectivity index is 1.46. The Hall–Kier alpha value is -4.45. The number of carbonyl (C=O) groups is 1. The molecule has 1 amide bonds. The van der Waals surface area contributed by atoms with Gasteiger partial charge in [0.05, 0.1) is 4.92 Å². The molecular formula is C24H21N5O4. The standard InChI is InChI=1S/C24H21N5O4/c1-17-5-2-3-8-20(17)23(30)27-11-13-28(14-12-27)24-21(16-25)26-22(33-24)10-9-18-6-4-7-19(15-18)29(31)32/h2-10,15H,11-14H2,1H3/b10-9+. The van der Waals surface area contributed by atoms with Gasteiger partial charge in [0.1, 0.15) is 6.07 Å². The van der Waals surface area contributed by atoms with Crippen LogP contribution in [0.15, 0.2) is 52.9 Å². The molecule has 33 heavy (non-hydrogen) atoms. The van der Waals surface area contributed by atoms with Crippen LogP contribution in [0.5, 0.6) is 0 Å². The Kier molecular flexibility index (Phi) is 6.17. The largest absolute Gasteiger partial charge is 0.420 e. The number of hydrogen-bond acceptors (Lipinski definition) is 7. The number of piperazine rings is 1. The quantitative estimate of drug-likeness (QED) is 0.434. The molecule has 3 aromatic rings. The normalized spacial score (nSPS) is 13.8. The lowest BCUT2D eigenvalue weighted by Crippen LogP contribution is -2.49. The second kappa shape index (κ2) is 9.36. The third-order valence-corrected chi connectivity index (χ3v) is 5.46. The number of carbonyl (C=O) groups excluding carboxylic acids is 1. The van der Waals surface area contributed by atoms with Crippen molar-refractivity contribution in [2.45, 2.75) is 6.92 Å². The van der Waals surface area contributed by atoms with Gasteiger partial charge in [0, 0.05) is 50.0 Å². The van der Waals surface area contributed by atoms with Crippen molar-refractivity contribution >= 4 is 29.6 Å². The van der Waals surface area contributed by atoms with Crippen LogP contribution in [-0.2, 0) is 0 Å². The number of aromatic nitrogens is 1. The number of nitrogens with zero attached hydrogens (tertiary/aromatic N) is 5. The summed E-state index contributed by atoms with van der Waals surface area (Å²) in [4.78, 5) is 31.2. The maximum atomic E-state index is 12.8. The third kappa shape index (κ3) is 4.75. The van der Waals surface area contributed by atoms with Crippen molar-refractivity contribution in [2.24, 2.45) is 0 Å². The van der Waals surface area contributed by atoms with Gasteiger partial charge in [-0.2, -0.15) is 10.2 Å². The van der Waals surface area contributed by atoms with Crippen molar-refractivity contribution in [3.05, 3.63) is 86.9 Å². The number of non-ortho nitro benzene ring substituents is 1. The predicted molar refractivity (Wildman–Crippen MR) is 123 cm³/mol. The predicted octanol–water partition coefficient (Wildman–Crippen LogP) is 3.90. The van der Waals surface area contributed by atoms with Gasteiger partial charge in [0.15, 0.2) is 0 Å². The van der Waals surface area contributed by atoms with Gasteiger partial charge in [0.25, 0.3) is 11.6 Å². The van der Waals surface area contributed by atoms with E-state index in [1.165, 1.54) is 12.1 Å². The number of anilines is 1. The molecule has 1 fully saturated rings. The van der Waals surface area contributed by atoms with Crippen LogP contribution in [0.3, 0.4) is 0 Å². The van der Waals surface area contributed by atoms with Crippen LogP contribution in [0, 0.1) is 28.4 Å². The summed E-state index contributed by atoms with van der Waals surface area (Å²) >= 11 is 0. The first-order valence-corrected chi connectivity index (χ1v) is 10.4. The highest BCUT2D eigenvalue weighted by Gasteiger charge is 2.27. The zero-order valence-corrected chi connectivity index (χ0v) is 18.0. The van der Waals surface area contributed by atoms with E-state index in [4.69, 9.17) is 4.42 Å². The summed E-state index contributed by atoms with van der Waals surface area (Å²) < 4.78 is 5.81. The Bertz CT molecular complexity index is 1270. The molecule has 0 bridgehead atoms. The van der Waals surface area contributed by atoms with Crippen LogP contribution in [-0.4, -0.2) is 46.9 Å². The lowest BCUT2D eigenvalue weighted by Gasteiger charge is -2.34. The molecule has 2 heterocycles. The Morgan fingerprint density at radius 2 is 1.91 bits per heavy atom. The van der Waals surface area contributed by atoms with E-state index in [-0.39, 0.29) is 23.2 Å². The van der Waals surface area contributed by atoms with Gasteiger partial charge in [-0.1, -0.05) is 30.3 Å². The molecule has 9 nitrogen and oxygen atoms in total. The maximum absolute atomic E-state index is 12.8. The smallest absolute Gasteiger partial charge is 0.270 e. The molecule has 2 aromatic carbocycles. The minimum absolute atomic E-state index is 0.00796. The fraction of sp³-hybridized carbons (Fsp3) is 0.208. The molecule has 1 aliphatic rings. The van der Waals surface area contributed by atoms with Crippen LogP contribution in [0.4, 0.5) is 11.6 Å². The average Bonchev–Trinajstić information content (AvgIpc) is 3.26. The van der Waals surface area contributed by atoms with Gasteiger partial charge in [-0.05, 0) is 30.2 Å². The third-order valence-electron chi connectivity index (χ3n) is 5.46. The second-order valence-corrected chi connectivity index (χ2v) is 7.60. The van der Waals surface area contributed by atoms with Gasteiger partial charge in [0.2, 0.25) is 17.5 Å². The summed E-state index contributed by atoms with van der Waals surface area (Å²) in [5, 5.41) is 20.4. The molecule has 0 atom stereocenters. The van der Waals surface area contributed by atoms with E-state index >= 15 is 0 Å². The van der Waals surface area contributed by atoms with Gasteiger partial charge in [-0.15, -0.1) is 0 Å². The number of rotatable bonds is 5. The molecule has 4 rings (SSSR count). The number of amides is 1. The number of hydrogen-bond donors (Lipinski definition) is 0. The van der Waals surface area contributed by atoms with Crippen molar-refractivity contribution in [1.82, 2.24) is 9.88 Å². The van der Waals surface area contributed by atoms with Crippen molar-refractivity contribution < 1.29 is 14.1 Å². The Morgan fingerprint density at radius 3 is 2.61 bits per heavy atom. The minimum Gasteiger partial charge on any atom is -0.420 e. The van der Waals surface area contributed by atoms with Crippen LogP contribution >= 0.6 is 0 Å². The molecular weight excluding hydrogens is 422 g/mol. The van der Waals surface area contributed by atoms with E-state index in [1.807, 2.05) is 36.1 Å². The molecule has 0 radical (unpaired) electrons. The minimum atomic E-state index is -0.460. The number of aryl methyl sites for hydroxylation is 1. The van der Waals surface area contributed by atoms with E-state index in [9.17, 15) is 20.2 Å². The molecule has 0 spiro atoms. The molecule has 0 unspecified atom stereocenters. The highest BCUT2D eigenvalue weighted by atomic mass is 16.6. The summed E-state index contributed by atoms with van der Waals surface area (Å²) in [6, 6.07) is 15.7. The zero-order chi connectivity index (χ0) is 23.4. The van der Waals surface area contributed by atoms with Crippen LogP contribution < -0.4 is 4.90 Å². The van der Waals surface area contributed by atoms with Gasteiger partial charge in [-0.3, -0.25) is 14.9 Å². The number of nitro groups is 1. The molecule has 166 valence electrons. The van der Waals surface area contributed by atoms with Crippen molar-refractivity contribution in [3.8, 4) is 6.07 Å². The van der Waals surface area contributed by atoms with Crippen LogP contribution in [0.2, 0.25) is 0 Å². The van der Waals surface area contributed by atoms with E-state index in [1.54, 1.807) is 29.2 Å². The summed E-state index contributed by atoms with van der Waals surface area (Å²) in [6.45, 7) is 3.93. The van der Waals surface area contributed by atoms with E-state index in [2.05, 4.69) is 11.1 Å². The molecule has 0 N–H and O–H groups in total. The maximum Gasteiger partial charge on any atom is 0.270 e. The van der Waals surface area contributed by atoms with Gasteiger partial charge >= 0.3 is 0 Å². The molecule has 0 aliphatic carbocycles. The summed E-state index contributed by atoms with van der Waals surface area (Å²) in [5.74, 6) is 0.581. The van der Waals surface area contributed by atoms with Crippen LogP contribution in [0.25, 0.3) is 12.2 Å². The van der Waals surface area contributed by atoms with E-state index < -0.39 is 4.92 Å². The molecule has 1 saturated heterocycles. The van der Waals surface area contributed by atoms with Crippen molar-refractivity contribution in [3.63, 3.8) is 0 Å². The van der Waals surface area contributed by atoms with Crippen LogP contribution in [0.1, 0.15) is 33.1 Å². The number of oxazole rings is 1. The lowest BCUT2D eigenvalue weighted by molar-refractivity contribution is -0.384. The SMILES string of the molecule is Cc1ccccc1C(=O)N1CCN(c2oc(/C=C/c3cccc([N+](=O)[O-])c3)nc2C#N)CC1. The van der Waals surface area contributed by atoms with E-state index in [0.29, 0.717) is 43.2 Å². The Labute approximate surface area is 190 Å². The van der Waals surface area contributed by atoms with Gasteiger partial charge < -0.3 is 14.2 Å². The van der Waals surface area contributed by atoms with Crippen molar-refractivity contribution in [1.29, 1.82) is 5.26 Å². The first-order chi connectivity index (χ1) is 16.0. The molecule has 0 saturated carbocycles. The topological polar surface area (TPSA) is 117 Å². The summed E-state index contributed by atoms with van der Waals surface area (Å²) in [7, 11) is 0. The molecule has 9 heteroatoms. The highest BCUT2D eigenvalue weighted by Crippen LogP contribution is 2.25. The molecule has 1 aromatic heterocycles. The fourth-order valence-corrected chi connectivity index (χ4v) is 3.69. The first kappa shape index (κ1) is 21.8. The first-order valence-electron chi connectivity index (χ1n) is 10.4. The summed E-state index contributed by atoms with van der Waals surface area (Å²) in [6.07, 6.45) is 3.21. The average molecular weight is 443 g/mol. The van der Waals surface area contributed by atoms with E-state index in [0.717, 1.165) is 5.56 Å². The van der Waals surface area contributed by atoms with Crippen molar-refractivity contribution in [2.75, 3.05) is 31.1 Å². The fourth-order valence-electron chi connectivity index (χ4n) is 3.69. The summed E-state index contributed by atoms with van der Waals surface area (Å²) in [5.41, 5.74) is 2.39. The number of nitriles is 1. The van der Waals surface area contributed by atoms with Gasteiger partial charge in [-0.25, -0.2) is 0 Å². The zero-order valence-electron chi connectivity index (χ0n) is 18.0. The lowest BCUT2D eigenvalue weighted by atomic mass is 10.1. The molecule has 1 aliphatic heterocycles. The highest BCUT2D eigenvalue weighted by molar-refractivity contribution is 5.95. The monoisotopic (exact) mass is 443 g/mol. The Morgan fingerprint density at radius 1 is 1.15 bits per heavy atom. The number of nitro benzene ring substituents is 1. The number of benzene rings is 2.